The third kappa shape index (κ3) is 6.39. The van der Waals surface area contributed by atoms with Crippen molar-refractivity contribution in [3.63, 3.8) is 0 Å². The van der Waals surface area contributed by atoms with Crippen LogP contribution in [0.4, 0.5) is 0 Å². The Labute approximate surface area is 285 Å². The molecule has 0 saturated heterocycles. The van der Waals surface area contributed by atoms with E-state index < -0.39 is 0 Å². The van der Waals surface area contributed by atoms with Gasteiger partial charge in [-0.3, -0.25) is 0 Å². The van der Waals surface area contributed by atoms with Gasteiger partial charge in [0.1, 0.15) is 0 Å². The molecule has 41 heavy (non-hydrogen) atoms. The first-order valence-electron chi connectivity index (χ1n) is 12.1. The molecule has 0 aliphatic carbocycles. The molecule has 206 valence electrons. The largest absolute Gasteiger partial charge is 4.00 e. The summed E-state index contributed by atoms with van der Waals surface area (Å²) in [5, 5.41) is 2.28. The van der Waals surface area contributed by atoms with Gasteiger partial charge in [-0.1, -0.05) is 72.8 Å². The molecule has 4 nitrogen and oxygen atoms in total. The van der Waals surface area contributed by atoms with Crippen molar-refractivity contribution in [1.29, 1.82) is 0 Å². The van der Waals surface area contributed by atoms with Gasteiger partial charge in [-0.25, -0.2) is 0 Å². The molecule has 0 unspecified atom stereocenters. The Hall–Kier alpha value is -2.69. The van der Waals surface area contributed by atoms with Crippen molar-refractivity contribution < 1.29 is 21.1 Å². The van der Waals surface area contributed by atoms with Crippen LogP contribution in [0, 0.1) is 9.54 Å². The Morgan fingerprint density at radius 3 is 0.683 bits per heavy atom. The number of aromatic nitrogens is 4. The van der Waals surface area contributed by atoms with Crippen LogP contribution in [0.3, 0.4) is 0 Å². The second-order valence-electron chi connectivity index (χ2n) is 8.47. The molecule has 0 amide bonds. The first-order chi connectivity index (χ1) is 19.4. The molecule has 0 aliphatic heterocycles. The smallest absolute Gasteiger partial charge is 0.762 e. The quantitative estimate of drug-likeness (QED) is 0.134. The van der Waals surface area contributed by atoms with Gasteiger partial charge < -0.3 is 68.8 Å². The van der Waals surface area contributed by atoms with E-state index in [2.05, 4.69) is 0 Å². The maximum Gasteiger partial charge on any atom is 4.00 e. The Bertz CT molecular complexity index is 1590. The van der Waals surface area contributed by atoms with E-state index in [1.54, 1.807) is 0 Å². The Morgan fingerprint density at radius 1 is 0.341 bits per heavy atom. The fraction of sp³-hybridized carbons (Fsp3) is 0. The van der Waals surface area contributed by atoms with Crippen molar-refractivity contribution >= 4 is 75.0 Å². The summed E-state index contributed by atoms with van der Waals surface area (Å²) >= 11 is 32.9. The number of nitrogens with zero attached hydrogens (tertiary/aromatic N) is 4. The second kappa shape index (κ2) is 14.0. The molecule has 0 fully saturated rings. The summed E-state index contributed by atoms with van der Waals surface area (Å²) in [6, 6.07) is 39.2. The zero-order chi connectivity index (χ0) is 28.2. The number of para-hydroxylation sites is 4. The van der Waals surface area contributed by atoms with E-state index in [-0.39, 0.29) is 21.1 Å². The average molecular weight is 824 g/mol. The van der Waals surface area contributed by atoms with Crippen molar-refractivity contribution in [3.8, 4) is 22.7 Å². The minimum atomic E-state index is 0. The number of hydrogen-bond donors (Lipinski definition) is 0. The molecule has 2 aromatic heterocycles. The van der Waals surface area contributed by atoms with Gasteiger partial charge >= 0.3 is 21.1 Å². The monoisotopic (exact) mass is 823 g/mol. The van der Waals surface area contributed by atoms with Crippen molar-refractivity contribution in [2.24, 2.45) is 0 Å². The van der Waals surface area contributed by atoms with E-state index in [0.29, 0.717) is 29.6 Å². The zero-order valence-electron chi connectivity index (χ0n) is 21.1. The van der Waals surface area contributed by atoms with E-state index in [1.807, 2.05) is 140 Å². The summed E-state index contributed by atoms with van der Waals surface area (Å²) in [6.45, 7) is 0. The van der Waals surface area contributed by atoms with Crippen LogP contribution in [0.2, 0.25) is 0 Å². The minimum Gasteiger partial charge on any atom is -0.762 e. The van der Waals surface area contributed by atoms with Crippen LogP contribution in [0.25, 0.3) is 22.7 Å². The number of benzene rings is 4. The van der Waals surface area contributed by atoms with Crippen molar-refractivity contribution in [3.05, 3.63) is 131 Å². The average Bonchev–Trinajstić information content (AvgIpc) is 3.36. The van der Waals surface area contributed by atoms with Gasteiger partial charge in [0, 0.05) is 22.7 Å². The molecular weight excluding hydrogens is 804 g/mol. The van der Waals surface area contributed by atoms with E-state index in [0.717, 1.165) is 22.7 Å². The molecule has 0 N–H and O–H groups in total. The fourth-order valence-electron chi connectivity index (χ4n) is 4.15. The fourth-order valence-corrected chi connectivity index (χ4v) is 6.30. The molecule has 0 radical (unpaired) electrons. The predicted molar refractivity (Wildman–Crippen MR) is 174 cm³/mol. The summed E-state index contributed by atoms with van der Waals surface area (Å²) < 4.78 is 8.52. The first-order valence-corrected chi connectivity index (χ1v) is 14.5. The third-order valence-corrected chi connectivity index (χ3v) is 8.49. The Morgan fingerprint density at radius 2 is 0.512 bits per heavy atom. The van der Waals surface area contributed by atoms with E-state index in [9.17, 15) is 0 Å². The van der Waals surface area contributed by atoms with Gasteiger partial charge in [-0.05, 0) is 73.0 Å². The van der Waals surface area contributed by atoms with Crippen LogP contribution in [0.5, 0.6) is 0 Å². The number of hydrogen-bond acceptors (Lipinski definition) is 6. The van der Waals surface area contributed by atoms with E-state index >= 15 is 0 Å². The maximum absolute atomic E-state index is 5.56. The van der Waals surface area contributed by atoms with Crippen LogP contribution in [0.15, 0.2) is 141 Å². The molecule has 0 spiro atoms. The van der Waals surface area contributed by atoms with Gasteiger partial charge in [0.05, 0.1) is 0 Å². The van der Waals surface area contributed by atoms with Crippen LogP contribution in [-0.4, -0.2) is 18.3 Å². The van der Waals surface area contributed by atoms with Gasteiger partial charge in [-0.15, -0.1) is 20.1 Å². The third-order valence-electron chi connectivity index (χ3n) is 6.00. The Balaban J connectivity index is 0.000000184. The maximum atomic E-state index is 5.56. The molecule has 4 aromatic carbocycles. The normalized spacial score (nSPS) is 10.3. The number of imidazole rings is 2. The van der Waals surface area contributed by atoms with Crippen molar-refractivity contribution in [2.45, 2.75) is 20.1 Å². The minimum absolute atomic E-state index is 0. The Kier molecular flexibility index (Phi) is 10.7. The molecule has 6 aromatic rings. The van der Waals surface area contributed by atoms with Crippen LogP contribution in [0.1, 0.15) is 0 Å². The summed E-state index contributed by atoms with van der Waals surface area (Å²) in [7, 11) is 0. The molecule has 2 heterocycles. The molecule has 0 atom stereocenters. The topological polar surface area (TPSA) is 19.7 Å². The van der Waals surface area contributed by atoms with Crippen molar-refractivity contribution in [1.82, 2.24) is 18.3 Å². The summed E-state index contributed by atoms with van der Waals surface area (Å²) in [5.74, 6) is 0. The van der Waals surface area contributed by atoms with Gasteiger partial charge in [-0.2, -0.15) is 0 Å². The van der Waals surface area contributed by atoms with Crippen LogP contribution >= 0.6 is 24.4 Å². The predicted octanol–water partition coefficient (Wildman–Crippen LogP) is 7.62. The van der Waals surface area contributed by atoms with E-state index in [1.165, 1.54) is 0 Å². The van der Waals surface area contributed by atoms with Gasteiger partial charge in [0.25, 0.3) is 0 Å². The molecule has 0 aliphatic rings. The van der Waals surface area contributed by atoms with Gasteiger partial charge in [0.15, 0.2) is 9.54 Å². The number of rotatable bonds is 4. The summed E-state index contributed by atoms with van der Waals surface area (Å²) in [4.78, 5) is 0. The molecule has 0 bridgehead atoms. The van der Waals surface area contributed by atoms with Crippen molar-refractivity contribution in [2.75, 3.05) is 0 Å². The SMILES string of the molecule is S=c1n(-c2ccccc2)c([S-])c([S-])n1-c1ccccc1.S=c1n(-c2ccccc2)c([S-])c([S-])n1-c1ccccc1.[Pt+4]. The summed E-state index contributed by atoms with van der Waals surface area (Å²) in [5.41, 5.74) is 3.73. The molecule has 6 rings (SSSR count). The standard InChI is InChI=1S/2C15H12N2S3.Pt/c2*18-13-14(19)17(12-9-5-2-6-10-12)15(20)16(13)11-7-3-1-4-8-11;/h2*1-10,18-19H;/q;;+4/p-4. The molecule has 0 saturated carbocycles. The summed E-state index contributed by atoms with van der Waals surface area (Å²) in [6.07, 6.45) is 0. The van der Waals surface area contributed by atoms with Crippen LogP contribution < -0.4 is 0 Å². The van der Waals surface area contributed by atoms with Crippen LogP contribution in [-0.2, 0) is 71.6 Å². The van der Waals surface area contributed by atoms with Gasteiger partial charge in [0.2, 0.25) is 0 Å². The van der Waals surface area contributed by atoms with E-state index in [4.69, 9.17) is 75.0 Å². The molecular formula is C30H20N4PtS6. The first kappa shape index (κ1) is 31.2. The second-order valence-corrected chi connectivity index (χ2v) is 10.7. The molecule has 11 heteroatoms. The zero-order valence-corrected chi connectivity index (χ0v) is 28.3.